The first-order valence-electron chi connectivity index (χ1n) is 8.39. The fourth-order valence-electron chi connectivity index (χ4n) is 2.11. The molecule has 0 spiro atoms. The average molecular weight is 302 g/mol. The zero-order valence-corrected chi connectivity index (χ0v) is 14.1. The van der Waals surface area contributed by atoms with Gasteiger partial charge in [0.2, 0.25) is 5.91 Å². The zero-order chi connectivity index (χ0) is 15.9. The number of aliphatic hydroxyl groups excluding tert-OH is 1. The Hall–Kier alpha value is -0.650. The van der Waals surface area contributed by atoms with Crippen LogP contribution in [0.25, 0.3) is 0 Å². The molecule has 0 rings (SSSR count). The van der Waals surface area contributed by atoms with Gasteiger partial charge in [0.25, 0.3) is 0 Å². The second-order valence-corrected chi connectivity index (χ2v) is 5.31. The molecule has 5 nitrogen and oxygen atoms in total. The maximum atomic E-state index is 11.7. The summed E-state index contributed by atoms with van der Waals surface area (Å²) in [5.74, 6) is 0.161. The van der Waals surface area contributed by atoms with Crippen molar-refractivity contribution < 1.29 is 14.6 Å². The topological polar surface area (TPSA) is 61.8 Å². The second-order valence-electron chi connectivity index (χ2n) is 5.31. The maximum Gasteiger partial charge on any atom is 0.223 e. The van der Waals surface area contributed by atoms with Crippen molar-refractivity contribution in [2.24, 2.45) is 0 Å². The maximum absolute atomic E-state index is 11.7. The Morgan fingerprint density at radius 2 is 1.90 bits per heavy atom. The van der Waals surface area contributed by atoms with Crippen LogP contribution in [-0.4, -0.2) is 61.4 Å². The zero-order valence-electron chi connectivity index (χ0n) is 14.1. The molecule has 0 radical (unpaired) electrons. The molecule has 0 bridgehead atoms. The highest BCUT2D eigenvalue weighted by molar-refractivity contribution is 5.76. The standard InChI is InChI=1S/C16H34N2O3/c1-4-7-8-9-12-21-14-15(19)13-17-11-10-16(20)18(5-2)6-3/h15,17,19H,4-14H2,1-3H3. The molecule has 0 aliphatic carbocycles. The number of carbonyl (C=O) groups is 1. The van der Waals surface area contributed by atoms with Crippen molar-refractivity contribution in [3.8, 4) is 0 Å². The summed E-state index contributed by atoms with van der Waals surface area (Å²) in [7, 11) is 0. The highest BCUT2D eigenvalue weighted by Gasteiger charge is 2.09. The van der Waals surface area contributed by atoms with Crippen LogP contribution in [0.2, 0.25) is 0 Å². The number of carbonyl (C=O) groups excluding carboxylic acids is 1. The third kappa shape index (κ3) is 11.7. The largest absolute Gasteiger partial charge is 0.389 e. The predicted molar refractivity (Wildman–Crippen MR) is 86.4 cm³/mol. The van der Waals surface area contributed by atoms with E-state index in [2.05, 4.69) is 12.2 Å². The number of unbranched alkanes of at least 4 members (excludes halogenated alkanes) is 3. The minimum atomic E-state index is -0.500. The molecule has 0 aliphatic heterocycles. The van der Waals surface area contributed by atoms with Crippen molar-refractivity contribution >= 4 is 5.91 Å². The summed E-state index contributed by atoms with van der Waals surface area (Å²) in [6.07, 6.45) is 4.70. The van der Waals surface area contributed by atoms with E-state index in [1.54, 1.807) is 0 Å². The summed E-state index contributed by atoms with van der Waals surface area (Å²) >= 11 is 0. The second kappa shape index (κ2) is 14.3. The molecule has 21 heavy (non-hydrogen) atoms. The van der Waals surface area contributed by atoms with E-state index < -0.39 is 6.10 Å². The molecule has 0 aromatic carbocycles. The van der Waals surface area contributed by atoms with Crippen LogP contribution in [-0.2, 0) is 9.53 Å². The van der Waals surface area contributed by atoms with Crippen LogP contribution in [0.15, 0.2) is 0 Å². The molecule has 1 atom stereocenters. The van der Waals surface area contributed by atoms with E-state index in [9.17, 15) is 9.90 Å². The molecule has 0 saturated carbocycles. The Bertz CT molecular complexity index is 246. The van der Waals surface area contributed by atoms with Gasteiger partial charge in [0.05, 0.1) is 12.7 Å². The SMILES string of the molecule is CCCCCCOCC(O)CNCCC(=O)N(CC)CC. The number of aliphatic hydroxyl groups is 1. The molecule has 126 valence electrons. The lowest BCUT2D eigenvalue weighted by atomic mass is 10.2. The van der Waals surface area contributed by atoms with Crippen LogP contribution in [0.4, 0.5) is 0 Å². The highest BCUT2D eigenvalue weighted by atomic mass is 16.5. The quantitative estimate of drug-likeness (QED) is 0.480. The summed E-state index contributed by atoms with van der Waals surface area (Å²) < 4.78 is 5.43. The molecule has 0 aliphatic rings. The molecular weight excluding hydrogens is 268 g/mol. The van der Waals surface area contributed by atoms with Gasteiger partial charge in [0.15, 0.2) is 0 Å². The summed E-state index contributed by atoms with van der Waals surface area (Å²) in [4.78, 5) is 13.6. The Kier molecular flexibility index (Phi) is 13.9. The lowest BCUT2D eigenvalue weighted by Crippen LogP contribution is -2.35. The molecule has 0 aromatic rings. The van der Waals surface area contributed by atoms with Gasteiger partial charge in [0, 0.05) is 39.2 Å². The van der Waals surface area contributed by atoms with Gasteiger partial charge in [-0.05, 0) is 20.3 Å². The Labute approximate surface area is 130 Å². The molecule has 5 heteroatoms. The lowest BCUT2D eigenvalue weighted by Gasteiger charge is -2.19. The first-order chi connectivity index (χ1) is 10.2. The van der Waals surface area contributed by atoms with Crippen LogP contribution in [0.1, 0.15) is 52.9 Å². The summed E-state index contributed by atoms with van der Waals surface area (Å²) in [5, 5.41) is 12.8. The van der Waals surface area contributed by atoms with E-state index in [4.69, 9.17) is 4.74 Å². The Morgan fingerprint density at radius 3 is 2.52 bits per heavy atom. The fourth-order valence-corrected chi connectivity index (χ4v) is 2.11. The number of amides is 1. The number of hydrogen-bond acceptors (Lipinski definition) is 4. The van der Waals surface area contributed by atoms with Crippen molar-refractivity contribution in [2.75, 3.05) is 39.4 Å². The van der Waals surface area contributed by atoms with Gasteiger partial charge in [-0.15, -0.1) is 0 Å². The van der Waals surface area contributed by atoms with E-state index in [1.807, 2.05) is 18.7 Å². The number of hydrogen-bond donors (Lipinski definition) is 2. The van der Waals surface area contributed by atoms with Gasteiger partial charge in [-0.1, -0.05) is 26.2 Å². The van der Waals surface area contributed by atoms with E-state index in [1.165, 1.54) is 19.3 Å². The van der Waals surface area contributed by atoms with Gasteiger partial charge >= 0.3 is 0 Å². The normalized spacial score (nSPS) is 12.4. The molecule has 1 unspecified atom stereocenters. The summed E-state index contributed by atoms with van der Waals surface area (Å²) in [6.45, 7) is 9.81. The Morgan fingerprint density at radius 1 is 1.19 bits per heavy atom. The molecular formula is C16H34N2O3. The average Bonchev–Trinajstić information content (AvgIpc) is 2.48. The van der Waals surface area contributed by atoms with Crippen LogP contribution in [0.5, 0.6) is 0 Å². The van der Waals surface area contributed by atoms with Gasteiger partial charge in [-0.2, -0.15) is 0 Å². The third-order valence-corrected chi connectivity index (χ3v) is 3.46. The first kappa shape index (κ1) is 20.3. The lowest BCUT2D eigenvalue weighted by molar-refractivity contribution is -0.130. The molecule has 0 heterocycles. The Balaban J connectivity index is 3.45. The number of nitrogens with one attached hydrogen (secondary N) is 1. The molecule has 0 saturated heterocycles. The molecule has 0 aromatic heterocycles. The minimum absolute atomic E-state index is 0.161. The smallest absolute Gasteiger partial charge is 0.223 e. The molecule has 0 fully saturated rings. The van der Waals surface area contributed by atoms with E-state index in [-0.39, 0.29) is 5.91 Å². The van der Waals surface area contributed by atoms with Gasteiger partial charge in [-0.3, -0.25) is 4.79 Å². The van der Waals surface area contributed by atoms with Gasteiger partial charge < -0.3 is 20.1 Å². The van der Waals surface area contributed by atoms with Crippen LogP contribution in [0.3, 0.4) is 0 Å². The number of ether oxygens (including phenoxy) is 1. The van der Waals surface area contributed by atoms with Crippen molar-refractivity contribution in [2.45, 2.75) is 59.0 Å². The van der Waals surface area contributed by atoms with Gasteiger partial charge in [-0.25, -0.2) is 0 Å². The number of rotatable bonds is 14. The monoisotopic (exact) mass is 302 g/mol. The molecule has 2 N–H and O–H groups in total. The van der Waals surface area contributed by atoms with Crippen LogP contribution in [0, 0.1) is 0 Å². The van der Waals surface area contributed by atoms with E-state index in [0.29, 0.717) is 26.1 Å². The fraction of sp³-hybridized carbons (Fsp3) is 0.938. The highest BCUT2D eigenvalue weighted by Crippen LogP contribution is 1.99. The van der Waals surface area contributed by atoms with Crippen molar-refractivity contribution in [3.63, 3.8) is 0 Å². The number of nitrogens with zero attached hydrogens (tertiary/aromatic N) is 1. The van der Waals surface area contributed by atoms with Crippen molar-refractivity contribution in [1.29, 1.82) is 0 Å². The van der Waals surface area contributed by atoms with Crippen molar-refractivity contribution in [3.05, 3.63) is 0 Å². The van der Waals surface area contributed by atoms with Crippen molar-refractivity contribution in [1.82, 2.24) is 10.2 Å². The molecule has 1 amide bonds. The van der Waals surface area contributed by atoms with Gasteiger partial charge in [0.1, 0.15) is 0 Å². The van der Waals surface area contributed by atoms with Crippen LogP contribution >= 0.6 is 0 Å². The third-order valence-electron chi connectivity index (χ3n) is 3.46. The summed E-state index contributed by atoms with van der Waals surface area (Å²) in [6, 6.07) is 0. The predicted octanol–water partition coefficient (Wildman–Crippen LogP) is 1.79. The summed E-state index contributed by atoms with van der Waals surface area (Å²) in [5.41, 5.74) is 0. The van der Waals surface area contributed by atoms with Crippen LogP contribution < -0.4 is 5.32 Å². The van der Waals surface area contributed by atoms with E-state index >= 15 is 0 Å². The minimum Gasteiger partial charge on any atom is -0.389 e. The van der Waals surface area contributed by atoms with E-state index in [0.717, 1.165) is 26.1 Å². The first-order valence-corrected chi connectivity index (χ1v) is 8.39.